The maximum absolute atomic E-state index is 13.5. The van der Waals surface area contributed by atoms with Gasteiger partial charge in [-0.2, -0.15) is 0 Å². The normalized spacial score (nSPS) is 19.8. The molecule has 0 heterocycles. The molecule has 0 bridgehead atoms. The smallest absolute Gasteiger partial charge is 0.251 e. The maximum atomic E-state index is 13.5. The van der Waals surface area contributed by atoms with Gasteiger partial charge in [-0.3, -0.25) is 9.59 Å². The van der Waals surface area contributed by atoms with Gasteiger partial charge in [-0.25, -0.2) is 4.39 Å². The number of rotatable bonds is 7. The molecule has 0 saturated heterocycles. The van der Waals surface area contributed by atoms with E-state index in [4.69, 9.17) is 4.74 Å². The number of ether oxygens (including phenoxy) is 1. The highest BCUT2D eigenvalue weighted by molar-refractivity contribution is 5.94. The summed E-state index contributed by atoms with van der Waals surface area (Å²) in [6.07, 6.45) is 3.89. The number of hydrogen-bond donors (Lipinski definition) is 3. The van der Waals surface area contributed by atoms with E-state index in [1.54, 1.807) is 0 Å². The van der Waals surface area contributed by atoms with Crippen LogP contribution in [0.3, 0.4) is 0 Å². The summed E-state index contributed by atoms with van der Waals surface area (Å²) in [5.74, 6) is -0.0658. The molecule has 1 aromatic rings. The molecule has 2 rings (SSSR count). The molecule has 1 aliphatic rings. The van der Waals surface area contributed by atoms with Crippen molar-refractivity contribution >= 4 is 11.8 Å². The van der Waals surface area contributed by atoms with Crippen LogP contribution in [0.1, 0.15) is 56.8 Å². The Morgan fingerprint density at radius 2 is 1.82 bits per heavy atom. The second-order valence-electron chi connectivity index (χ2n) is 8.49. The quantitative estimate of drug-likeness (QED) is 0.665. The van der Waals surface area contributed by atoms with E-state index in [1.165, 1.54) is 25.3 Å². The van der Waals surface area contributed by atoms with E-state index in [-0.39, 0.29) is 22.9 Å². The Balaban J connectivity index is 1.70. The minimum absolute atomic E-state index is 0.00686. The fourth-order valence-electron chi connectivity index (χ4n) is 3.42. The molecule has 2 amide bonds. The lowest BCUT2D eigenvalue weighted by molar-refractivity contribution is -0.121. The van der Waals surface area contributed by atoms with Gasteiger partial charge in [0.2, 0.25) is 5.91 Å². The van der Waals surface area contributed by atoms with Gasteiger partial charge in [-0.05, 0) is 64.5 Å². The summed E-state index contributed by atoms with van der Waals surface area (Å²) in [7, 11) is 1.44. The second kappa shape index (κ2) is 9.87. The number of nitrogens with one attached hydrogen (secondary N) is 3. The first kappa shape index (κ1) is 22.1. The highest BCUT2D eigenvalue weighted by Crippen LogP contribution is 2.24. The molecule has 28 heavy (non-hydrogen) atoms. The number of hydrogen-bond acceptors (Lipinski definition) is 4. The lowest BCUT2D eigenvalue weighted by Crippen LogP contribution is -2.47. The van der Waals surface area contributed by atoms with E-state index in [0.717, 1.165) is 25.7 Å². The summed E-state index contributed by atoms with van der Waals surface area (Å²) in [5.41, 5.74) is 0.0393. The van der Waals surface area contributed by atoms with Crippen LogP contribution in [0.4, 0.5) is 4.39 Å². The Labute approximate surface area is 166 Å². The molecule has 0 unspecified atom stereocenters. The van der Waals surface area contributed by atoms with Crippen LogP contribution >= 0.6 is 0 Å². The predicted octanol–water partition coefficient (Wildman–Crippen LogP) is 2.63. The van der Waals surface area contributed by atoms with Gasteiger partial charge in [0.15, 0.2) is 0 Å². The molecule has 1 aromatic carbocycles. The maximum Gasteiger partial charge on any atom is 0.251 e. The fraction of sp³-hybridized carbons (Fsp3) is 0.619. The Kier molecular flexibility index (Phi) is 7.80. The average molecular weight is 394 g/mol. The zero-order valence-corrected chi connectivity index (χ0v) is 17.2. The molecular weight excluding hydrogens is 361 g/mol. The van der Waals surface area contributed by atoms with Gasteiger partial charge in [0.25, 0.3) is 5.91 Å². The average Bonchev–Trinajstić information content (AvgIpc) is 2.63. The standard InChI is InChI=1S/C21H32FN3O3/c1-21(2,3)25-19(26)13-23-17-7-5-14(6-8-17)12-24-20(27)15-9-16(22)11-18(10-15)28-4/h9-11,14,17,23H,5-8,12-13H2,1-4H3,(H,24,27)(H,25,26)/t14-,17+. The Morgan fingerprint density at radius 1 is 1.14 bits per heavy atom. The van der Waals surface area contributed by atoms with Gasteiger partial charge in [0.1, 0.15) is 11.6 Å². The third-order valence-electron chi connectivity index (χ3n) is 4.83. The molecule has 0 radical (unpaired) electrons. The number of carbonyl (C=O) groups is 2. The number of benzene rings is 1. The van der Waals surface area contributed by atoms with E-state index in [1.807, 2.05) is 20.8 Å². The monoisotopic (exact) mass is 393 g/mol. The zero-order chi connectivity index (χ0) is 20.7. The SMILES string of the molecule is COc1cc(F)cc(C(=O)NC[C@H]2CC[C@@H](NCC(=O)NC(C)(C)C)CC2)c1. The van der Waals surface area contributed by atoms with Crippen molar-refractivity contribution in [3.05, 3.63) is 29.6 Å². The highest BCUT2D eigenvalue weighted by atomic mass is 19.1. The summed E-state index contributed by atoms with van der Waals surface area (Å²) >= 11 is 0. The first-order chi connectivity index (χ1) is 13.2. The molecule has 1 saturated carbocycles. The molecule has 156 valence electrons. The van der Waals surface area contributed by atoms with Crippen LogP contribution in [0, 0.1) is 11.7 Å². The summed E-state index contributed by atoms with van der Waals surface area (Å²) in [6, 6.07) is 4.31. The molecule has 0 aromatic heterocycles. The number of amides is 2. The zero-order valence-electron chi connectivity index (χ0n) is 17.2. The van der Waals surface area contributed by atoms with Crippen LogP contribution in [0.25, 0.3) is 0 Å². The van der Waals surface area contributed by atoms with Crippen LogP contribution in [-0.4, -0.2) is 43.6 Å². The number of methoxy groups -OCH3 is 1. The minimum atomic E-state index is -0.494. The third kappa shape index (κ3) is 7.46. The molecular formula is C21H32FN3O3. The van der Waals surface area contributed by atoms with Crippen LogP contribution < -0.4 is 20.7 Å². The van der Waals surface area contributed by atoms with E-state index in [0.29, 0.717) is 30.8 Å². The van der Waals surface area contributed by atoms with E-state index in [2.05, 4.69) is 16.0 Å². The first-order valence-electron chi connectivity index (χ1n) is 9.83. The first-order valence-corrected chi connectivity index (χ1v) is 9.83. The molecule has 3 N–H and O–H groups in total. The molecule has 7 heteroatoms. The number of carbonyl (C=O) groups excluding carboxylic acids is 2. The van der Waals surface area contributed by atoms with Crippen LogP contribution in [-0.2, 0) is 4.79 Å². The van der Waals surface area contributed by atoms with Crippen molar-refractivity contribution in [3.63, 3.8) is 0 Å². The van der Waals surface area contributed by atoms with Gasteiger partial charge in [0, 0.05) is 29.8 Å². The Hall–Kier alpha value is -2.15. The molecule has 1 fully saturated rings. The minimum Gasteiger partial charge on any atom is -0.497 e. The summed E-state index contributed by atoms with van der Waals surface area (Å²) < 4.78 is 18.5. The fourth-order valence-corrected chi connectivity index (χ4v) is 3.42. The van der Waals surface area contributed by atoms with Crippen LogP contribution in [0.5, 0.6) is 5.75 Å². The van der Waals surface area contributed by atoms with Crippen molar-refractivity contribution in [1.29, 1.82) is 0 Å². The molecule has 1 aliphatic carbocycles. The Morgan fingerprint density at radius 3 is 2.43 bits per heavy atom. The molecule has 0 atom stereocenters. The highest BCUT2D eigenvalue weighted by Gasteiger charge is 2.23. The van der Waals surface area contributed by atoms with Crippen molar-refractivity contribution in [2.24, 2.45) is 5.92 Å². The van der Waals surface area contributed by atoms with E-state index in [9.17, 15) is 14.0 Å². The van der Waals surface area contributed by atoms with Crippen molar-refractivity contribution in [2.75, 3.05) is 20.2 Å². The van der Waals surface area contributed by atoms with Crippen molar-refractivity contribution in [1.82, 2.24) is 16.0 Å². The summed E-state index contributed by atoms with van der Waals surface area (Å²) in [4.78, 5) is 24.2. The van der Waals surface area contributed by atoms with Crippen LogP contribution in [0.2, 0.25) is 0 Å². The van der Waals surface area contributed by atoms with Crippen molar-refractivity contribution in [3.8, 4) is 5.75 Å². The third-order valence-corrected chi connectivity index (χ3v) is 4.83. The summed E-state index contributed by atoms with van der Waals surface area (Å²) in [5, 5.41) is 9.15. The second-order valence-corrected chi connectivity index (χ2v) is 8.49. The van der Waals surface area contributed by atoms with Gasteiger partial charge in [-0.1, -0.05) is 0 Å². The number of halogens is 1. The van der Waals surface area contributed by atoms with Crippen molar-refractivity contribution in [2.45, 2.75) is 58.0 Å². The molecule has 0 aliphatic heterocycles. The lowest BCUT2D eigenvalue weighted by Gasteiger charge is -2.29. The molecule has 0 spiro atoms. The van der Waals surface area contributed by atoms with Gasteiger partial charge < -0.3 is 20.7 Å². The summed E-state index contributed by atoms with van der Waals surface area (Å²) in [6.45, 7) is 6.78. The predicted molar refractivity (Wildman–Crippen MR) is 107 cm³/mol. The molecule has 6 nitrogen and oxygen atoms in total. The Bertz CT molecular complexity index is 680. The van der Waals surface area contributed by atoms with Gasteiger partial charge in [-0.15, -0.1) is 0 Å². The van der Waals surface area contributed by atoms with Crippen molar-refractivity contribution < 1.29 is 18.7 Å². The van der Waals surface area contributed by atoms with Gasteiger partial charge >= 0.3 is 0 Å². The van der Waals surface area contributed by atoms with Crippen LogP contribution in [0.15, 0.2) is 18.2 Å². The van der Waals surface area contributed by atoms with E-state index >= 15 is 0 Å². The van der Waals surface area contributed by atoms with E-state index < -0.39 is 5.82 Å². The lowest BCUT2D eigenvalue weighted by atomic mass is 9.86. The van der Waals surface area contributed by atoms with Gasteiger partial charge in [0.05, 0.1) is 13.7 Å². The largest absolute Gasteiger partial charge is 0.497 e. The topological polar surface area (TPSA) is 79.5 Å².